The Kier molecular flexibility index (Phi) is 6.41. The lowest BCUT2D eigenvalue weighted by atomic mass is 9.91. The predicted octanol–water partition coefficient (Wildman–Crippen LogP) is 3.52. The molecule has 3 rings (SSSR count). The molecule has 5 nitrogen and oxygen atoms in total. The summed E-state index contributed by atoms with van der Waals surface area (Å²) in [6.45, 7) is -0.182. The predicted molar refractivity (Wildman–Crippen MR) is 109 cm³/mol. The Morgan fingerprint density at radius 1 is 0.857 bits per heavy atom. The molecule has 3 N–H and O–H groups in total. The summed E-state index contributed by atoms with van der Waals surface area (Å²) in [6, 6.07) is 26.5. The van der Waals surface area contributed by atoms with Crippen LogP contribution in [-0.4, -0.2) is 18.4 Å². The first-order chi connectivity index (χ1) is 13.6. The van der Waals surface area contributed by atoms with Crippen molar-refractivity contribution in [2.75, 3.05) is 11.9 Å². The molecule has 3 aromatic rings. The lowest BCUT2D eigenvalue weighted by Crippen LogP contribution is -2.23. The number of hydrogen-bond donors (Lipinski definition) is 2. The third-order valence-electron chi connectivity index (χ3n) is 4.30. The summed E-state index contributed by atoms with van der Waals surface area (Å²) >= 11 is 0. The van der Waals surface area contributed by atoms with Crippen LogP contribution in [0, 0.1) is 0 Å². The number of rotatable bonds is 8. The van der Waals surface area contributed by atoms with E-state index in [9.17, 15) is 9.59 Å². The lowest BCUT2D eigenvalue weighted by molar-refractivity contribution is -0.120. The van der Waals surface area contributed by atoms with Crippen LogP contribution in [0.5, 0.6) is 5.75 Å². The number of carbonyl (C=O) groups is 2. The summed E-state index contributed by atoms with van der Waals surface area (Å²) in [5, 5.41) is 2.97. The molecule has 0 radical (unpaired) electrons. The molecule has 1 atom stereocenters. The van der Waals surface area contributed by atoms with Crippen molar-refractivity contribution >= 4 is 17.5 Å². The van der Waals surface area contributed by atoms with Crippen LogP contribution in [0.4, 0.5) is 5.69 Å². The van der Waals surface area contributed by atoms with Gasteiger partial charge in [-0.2, -0.15) is 0 Å². The van der Waals surface area contributed by atoms with Gasteiger partial charge in [0.2, 0.25) is 5.91 Å². The SMILES string of the molecule is NC(=O)COc1ccc(NC(=O)C(Cc2ccccc2)c2ccccc2)cc1. The molecular formula is C23H22N2O3. The Morgan fingerprint density at radius 3 is 2.07 bits per heavy atom. The van der Waals surface area contributed by atoms with Crippen molar-refractivity contribution in [1.82, 2.24) is 0 Å². The van der Waals surface area contributed by atoms with Crippen LogP contribution in [0.2, 0.25) is 0 Å². The minimum atomic E-state index is -0.538. The molecule has 0 fully saturated rings. The van der Waals surface area contributed by atoms with Gasteiger partial charge < -0.3 is 15.8 Å². The molecule has 142 valence electrons. The van der Waals surface area contributed by atoms with Gasteiger partial charge >= 0.3 is 0 Å². The second kappa shape index (κ2) is 9.37. The van der Waals surface area contributed by atoms with E-state index in [1.807, 2.05) is 60.7 Å². The Morgan fingerprint density at radius 2 is 1.46 bits per heavy atom. The fraction of sp³-hybridized carbons (Fsp3) is 0.130. The molecular weight excluding hydrogens is 352 g/mol. The van der Waals surface area contributed by atoms with Gasteiger partial charge in [-0.1, -0.05) is 60.7 Å². The zero-order valence-electron chi connectivity index (χ0n) is 15.4. The van der Waals surface area contributed by atoms with E-state index in [1.165, 1.54) is 0 Å². The maximum atomic E-state index is 13.0. The molecule has 1 unspecified atom stereocenters. The fourth-order valence-electron chi connectivity index (χ4n) is 2.92. The summed E-state index contributed by atoms with van der Waals surface area (Å²) in [4.78, 5) is 23.8. The molecule has 0 heterocycles. The number of amides is 2. The van der Waals surface area contributed by atoms with Gasteiger partial charge in [0.05, 0.1) is 5.92 Å². The molecule has 0 saturated heterocycles. The fourth-order valence-corrected chi connectivity index (χ4v) is 2.92. The van der Waals surface area contributed by atoms with Crippen molar-refractivity contribution in [3.8, 4) is 5.75 Å². The Bertz CT molecular complexity index is 910. The molecule has 0 aromatic heterocycles. The van der Waals surface area contributed by atoms with E-state index < -0.39 is 5.91 Å². The molecule has 28 heavy (non-hydrogen) atoms. The van der Waals surface area contributed by atoms with Gasteiger partial charge in [-0.05, 0) is 41.8 Å². The third kappa shape index (κ3) is 5.45. The summed E-state index contributed by atoms with van der Waals surface area (Å²) < 4.78 is 5.24. The van der Waals surface area contributed by atoms with E-state index in [4.69, 9.17) is 10.5 Å². The first-order valence-corrected chi connectivity index (χ1v) is 9.03. The van der Waals surface area contributed by atoms with Crippen LogP contribution in [0.3, 0.4) is 0 Å². The zero-order chi connectivity index (χ0) is 19.8. The van der Waals surface area contributed by atoms with Gasteiger partial charge in [0.1, 0.15) is 5.75 Å². The molecule has 5 heteroatoms. The quantitative estimate of drug-likeness (QED) is 0.633. The van der Waals surface area contributed by atoms with Crippen molar-refractivity contribution in [1.29, 1.82) is 0 Å². The summed E-state index contributed by atoms with van der Waals surface area (Å²) in [5.74, 6) is -0.417. The Balaban J connectivity index is 1.73. The van der Waals surface area contributed by atoms with Crippen LogP contribution in [0.25, 0.3) is 0 Å². The smallest absolute Gasteiger partial charge is 0.255 e. The van der Waals surface area contributed by atoms with E-state index in [0.29, 0.717) is 17.9 Å². The van der Waals surface area contributed by atoms with Crippen molar-refractivity contribution in [2.45, 2.75) is 12.3 Å². The van der Waals surface area contributed by atoms with Crippen molar-refractivity contribution < 1.29 is 14.3 Å². The topological polar surface area (TPSA) is 81.4 Å². The van der Waals surface area contributed by atoms with Gasteiger partial charge in [0, 0.05) is 5.69 Å². The van der Waals surface area contributed by atoms with E-state index in [2.05, 4.69) is 5.32 Å². The molecule has 0 saturated carbocycles. The van der Waals surface area contributed by atoms with Crippen molar-refractivity contribution in [3.63, 3.8) is 0 Å². The number of nitrogens with two attached hydrogens (primary N) is 1. The highest BCUT2D eigenvalue weighted by atomic mass is 16.5. The van der Waals surface area contributed by atoms with E-state index >= 15 is 0 Å². The van der Waals surface area contributed by atoms with Crippen LogP contribution in [0.15, 0.2) is 84.9 Å². The largest absolute Gasteiger partial charge is 0.484 e. The number of nitrogens with one attached hydrogen (secondary N) is 1. The number of benzene rings is 3. The first kappa shape index (κ1) is 19.2. The molecule has 0 bridgehead atoms. The molecule has 0 aliphatic heterocycles. The van der Waals surface area contributed by atoms with Gasteiger partial charge in [-0.3, -0.25) is 9.59 Å². The molecule has 2 amide bonds. The molecule has 0 aliphatic carbocycles. The van der Waals surface area contributed by atoms with Crippen LogP contribution in [-0.2, 0) is 16.0 Å². The van der Waals surface area contributed by atoms with Gasteiger partial charge in [-0.15, -0.1) is 0 Å². The Hall–Kier alpha value is -3.60. The lowest BCUT2D eigenvalue weighted by Gasteiger charge is -2.18. The number of hydrogen-bond acceptors (Lipinski definition) is 3. The number of carbonyl (C=O) groups excluding carboxylic acids is 2. The second-order valence-electron chi connectivity index (χ2n) is 6.42. The molecule has 3 aromatic carbocycles. The zero-order valence-corrected chi connectivity index (χ0v) is 15.4. The van der Waals surface area contributed by atoms with Gasteiger partial charge in [0.15, 0.2) is 6.61 Å². The van der Waals surface area contributed by atoms with Crippen molar-refractivity contribution in [3.05, 3.63) is 96.1 Å². The maximum absolute atomic E-state index is 13.0. The average molecular weight is 374 g/mol. The van der Waals surface area contributed by atoms with Gasteiger partial charge in [-0.25, -0.2) is 0 Å². The summed E-state index contributed by atoms with van der Waals surface area (Å²) in [7, 11) is 0. The molecule has 0 aliphatic rings. The van der Waals surface area contributed by atoms with Crippen LogP contribution in [0.1, 0.15) is 17.0 Å². The Labute approximate surface area is 164 Å². The van der Waals surface area contributed by atoms with E-state index in [-0.39, 0.29) is 18.4 Å². The third-order valence-corrected chi connectivity index (χ3v) is 4.30. The van der Waals surface area contributed by atoms with Crippen molar-refractivity contribution in [2.24, 2.45) is 5.73 Å². The normalized spacial score (nSPS) is 11.4. The highest BCUT2D eigenvalue weighted by Gasteiger charge is 2.21. The van der Waals surface area contributed by atoms with Crippen LogP contribution < -0.4 is 15.8 Å². The minimum absolute atomic E-state index is 0.0825. The number of ether oxygens (including phenoxy) is 1. The summed E-state index contributed by atoms with van der Waals surface area (Å²) in [6.07, 6.45) is 0.608. The first-order valence-electron chi connectivity index (χ1n) is 9.03. The highest BCUT2D eigenvalue weighted by molar-refractivity contribution is 5.96. The minimum Gasteiger partial charge on any atom is -0.484 e. The highest BCUT2D eigenvalue weighted by Crippen LogP contribution is 2.24. The second-order valence-corrected chi connectivity index (χ2v) is 6.42. The van der Waals surface area contributed by atoms with E-state index in [1.54, 1.807) is 24.3 Å². The number of anilines is 1. The number of primary amides is 1. The maximum Gasteiger partial charge on any atom is 0.255 e. The summed E-state index contributed by atoms with van der Waals surface area (Å²) in [5.41, 5.74) is 7.79. The molecule has 0 spiro atoms. The van der Waals surface area contributed by atoms with Crippen LogP contribution >= 0.6 is 0 Å². The standard InChI is InChI=1S/C23H22N2O3/c24-22(26)16-28-20-13-11-19(12-14-20)25-23(27)21(18-9-5-2-6-10-18)15-17-7-3-1-4-8-17/h1-14,21H,15-16H2,(H2,24,26)(H,25,27). The average Bonchev–Trinajstić information content (AvgIpc) is 2.73. The monoisotopic (exact) mass is 374 g/mol. The van der Waals surface area contributed by atoms with Gasteiger partial charge in [0.25, 0.3) is 5.91 Å². The van der Waals surface area contributed by atoms with E-state index in [0.717, 1.165) is 11.1 Å².